The number of carbonyl (C=O) groups excluding carboxylic acids is 3. The predicted octanol–water partition coefficient (Wildman–Crippen LogP) is 3.00. The molecule has 3 aliphatic heterocycles. The summed E-state index contributed by atoms with van der Waals surface area (Å²) < 4.78 is 21.9. The van der Waals surface area contributed by atoms with Gasteiger partial charge in [0.15, 0.2) is 0 Å². The number of imide groups is 1. The van der Waals surface area contributed by atoms with Gasteiger partial charge in [-0.05, 0) is 50.1 Å². The molecule has 4 heterocycles. The van der Waals surface area contributed by atoms with E-state index in [2.05, 4.69) is 15.6 Å². The maximum Gasteiger partial charge on any atom is 0.255 e. The lowest BCUT2D eigenvalue weighted by Gasteiger charge is -2.37. The van der Waals surface area contributed by atoms with Crippen LogP contribution in [0.3, 0.4) is 0 Å². The zero-order valence-electron chi connectivity index (χ0n) is 19.8. The van der Waals surface area contributed by atoms with E-state index < -0.39 is 17.6 Å². The first-order valence-electron chi connectivity index (χ1n) is 11.9. The van der Waals surface area contributed by atoms with E-state index in [1.807, 2.05) is 19.9 Å². The summed E-state index contributed by atoms with van der Waals surface area (Å²) in [5.74, 6) is -0.760. The summed E-state index contributed by atoms with van der Waals surface area (Å²) >= 11 is 0. The summed E-state index contributed by atoms with van der Waals surface area (Å²) in [5, 5.41) is 11.1. The van der Waals surface area contributed by atoms with Crippen LogP contribution in [0.15, 0.2) is 42.6 Å². The third-order valence-corrected chi connectivity index (χ3v) is 7.09. The van der Waals surface area contributed by atoms with Crippen molar-refractivity contribution in [2.45, 2.75) is 57.3 Å². The molecule has 1 N–H and O–H groups in total. The summed E-state index contributed by atoms with van der Waals surface area (Å²) in [4.78, 5) is 38.7. The van der Waals surface area contributed by atoms with Crippen LogP contribution in [0.4, 0.5) is 4.39 Å². The second-order valence-corrected chi connectivity index (χ2v) is 10.1. The number of aromatic nitrogens is 3. The Kier molecular flexibility index (Phi) is 4.96. The zero-order valence-corrected chi connectivity index (χ0v) is 19.8. The van der Waals surface area contributed by atoms with Crippen molar-refractivity contribution in [2.24, 2.45) is 0 Å². The van der Waals surface area contributed by atoms with Crippen molar-refractivity contribution in [1.29, 1.82) is 0 Å². The van der Waals surface area contributed by atoms with E-state index in [-0.39, 0.29) is 36.6 Å². The minimum atomic E-state index is -0.693. The number of carbonyl (C=O) groups is 3. The Balaban J connectivity index is 1.34. The van der Waals surface area contributed by atoms with Gasteiger partial charge in [-0.15, -0.1) is 5.10 Å². The number of nitrogens with one attached hydrogen (secondary N) is 1. The van der Waals surface area contributed by atoms with Crippen molar-refractivity contribution in [3.05, 3.63) is 65.1 Å². The number of amides is 3. The normalized spacial score (nSPS) is 22.6. The second-order valence-electron chi connectivity index (χ2n) is 10.1. The summed E-state index contributed by atoms with van der Waals surface area (Å²) in [6.45, 7) is 4.19. The maximum absolute atomic E-state index is 14.1. The van der Waals surface area contributed by atoms with Crippen molar-refractivity contribution in [3.63, 3.8) is 0 Å². The molecule has 0 aliphatic carbocycles. The van der Waals surface area contributed by atoms with Gasteiger partial charge in [0.1, 0.15) is 28.9 Å². The van der Waals surface area contributed by atoms with Crippen LogP contribution in [-0.2, 0) is 16.1 Å². The number of nitrogens with zero attached hydrogens (tertiary/aromatic N) is 4. The SMILES string of the molecule is CC1(C)C[C@H](n2cc(-c3cccc4c3CN(C3CCC(=O)NC3=O)C4=O)nn2)c2cc(F)ccc2O1. The fourth-order valence-corrected chi connectivity index (χ4v) is 5.40. The van der Waals surface area contributed by atoms with Gasteiger partial charge in [0.2, 0.25) is 11.8 Å². The molecule has 2 aromatic carbocycles. The van der Waals surface area contributed by atoms with Crippen LogP contribution in [0.1, 0.15) is 60.6 Å². The Morgan fingerprint density at radius 2 is 1.92 bits per heavy atom. The molecule has 0 bridgehead atoms. The Hall–Kier alpha value is -4.08. The fourth-order valence-electron chi connectivity index (χ4n) is 5.40. The molecule has 1 fully saturated rings. The first-order valence-corrected chi connectivity index (χ1v) is 11.9. The lowest BCUT2D eigenvalue weighted by Crippen LogP contribution is -2.52. The molecule has 3 amide bonds. The molecule has 2 atom stereocenters. The van der Waals surface area contributed by atoms with E-state index in [0.717, 1.165) is 11.1 Å². The number of fused-ring (bicyclic) bond motifs is 2. The lowest BCUT2D eigenvalue weighted by molar-refractivity contribution is -0.136. The lowest BCUT2D eigenvalue weighted by atomic mass is 9.89. The van der Waals surface area contributed by atoms with Crippen molar-refractivity contribution in [2.75, 3.05) is 0 Å². The van der Waals surface area contributed by atoms with Crippen LogP contribution in [0, 0.1) is 5.82 Å². The number of ether oxygens (including phenoxy) is 1. The van der Waals surface area contributed by atoms with E-state index in [1.54, 1.807) is 29.1 Å². The minimum absolute atomic E-state index is 0.196. The third kappa shape index (κ3) is 3.64. The first-order chi connectivity index (χ1) is 17.2. The zero-order chi connectivity index (χ0) is 25.2. The number of hydrogen-bond donors (Lipinski definition) is 1. The molecule has 3 aromatic rings. The third-order valence-electron chi connectivity index (χ3n) is 7.09. The average Bonchev–Trinajstić information content (AvgIpc) is 3.44. The molecule has 10 heteroatoms. The predicted molar refractivity (Wildman–Crippen MR) is 125 cm³/mol. The van der Waals surface area contributed by atoms with E-state index in [9.17, 15) is 18.8 Å². The quantitative estimate of drug-likeness (QED) is 0.567. The van der Waals surface area contributed by atoms with E-state index >= 15 is 0 Å². The Morgan fingerprint density at radius 3 is 2.72 bits per heavy atom. The smallest absolute Gasteiger partial charge is 0.255 e. The molecule has 1 saturated heterocycles. The Morgan fingerprint density at radius 1 is 1.11 bits per heavy atom. The summed E-state index contributed by atoms with van der Waals surface area (Å²) in [5.41, 5.74) is 2.80. The van der Waals surface area contributed by atoms with Gasteiger partial charge in [-0.25, -0.2) is 9.07 Å². The highest BCUT2D eigenvalue weighted by Gasteiger charge is 2.40. The van der Waals surface area contributed by atoms with Gasteiger partial charge in [-0.2, -0.15) is 0 Å². The van der Waals surface area contributed by atoms with Gasteiger partial charge in [0, 0.05) is 36.1 Å². The van der Waals surface area contributed by atoms with Crippen LogP contribution in [-0.4, -0.2) is 49.3 Å². The highest BCUT2D eigenvalue weighted by Crippen LogP contribution is 2.42. The monoisotopic (exact) mass is 489 g/mol. The van der Waals surface area contributed by atoms with Crippen LogP contribution in [0.2, 0.25) is 0 Å². The first kappa shape index (κ1) is 22.4. The van der Waals surface area contributed by atoms with Crippen LogP contribution in [0.5, 0.6) is 5.75 Å². The molecule has 1 unspecified atom stereocenters. The molecule has 6 rings (SSSR count). The van der Waals surface area contributed by atoms with Crippen molar-refractivity contribution >= 4 is 17.7 Å². The van der Waals surface area contributed by atoms with Gasteiger partial charge >= 0.3 is 0 Å². The van der Waals surface area contributed by atoms with Crippen LogP contribution < -0.4 is 10.1 Å². The summed E-state index contributed by atoms with van der Waals surface area (Å²) in [7, 11) is 0. The van der Waals surface area contributed by atoms with Crippen molar-refractivity contribution in [1.82, 2.24) is 25.2 Å². The Labute approximate surface area is 206 Å². The highest BCUT2D eigenvalue weighted by molar-refractivity contribution is 6.06. The van der Waals surface area contributed by atoms with Crippen LogP contribution >= 0.6 is 0 Å². The number of halogens is 1. The molecule has 0 spiro atoms. The molecule has 0 saturated carbocycles. The van der Waals surface area contributed by atoms with E-state index in [0.29, 0.717) is 35.4 Å². The van der Waals surface area contributed by atoms with Gasteiger partial charge < -0.3 is 9.64 Å². The van der Waals surface area contributed by atoms with Crippen LogP contribution in [0.25, 0.3) is 11.3 Å². The number of hydrogen-bond acceptors (Lipinski definition) is 6. The molecule has 0 radical (unpaired) electrons. The molecule has 9 nitrogen and oxygen atoms in total. The highest BCUT2D eigenvalue weighted by atomic mass is 19.1. The van der Waals surface area contributed by atoms with E-state index in [1.165, 1.54) is 17.0 Å². The topological polar surface area (TPSA) is 106 Å². The number of benzene rings is 2. The molecule has 184 valence electrons. The van der Waals surface area contributed by atoms with Gasteiger partial charge in [-0.3, -0.25) is 19.7 Å². The van der Waals surface area contributed by atoms with E-state index in [4.69, 9.17) is 4.74 Å². The fraction of sp³-hybridized carbons (Fsp3) is 0.346. The number of rotatable bonds is 3. The van der Waals surface area contributed by atoms with Crippen molar-refractivity contribution in [3.8, 4) is 17.0 Å². The van der Waals surface area contributed by atoms with Gasteiger partial charge in [-0.1, -0.05) is 17.3 Å². The maximum atomic E-state index is 14.1. The summed E-state index contributed by atoms with van der Waals surface area (Å²) in [6, 6.07) is 8.89. The Bertz CT molecular complexity index is 1430. The largest absolute Gasteiger partial charge is 0.487 e. The molecule has 3 aliphatic rings. The molecular formula is C26H24FN5O4. The molecule has 1 aromatic heterocycles. The standard InChI is InChI=1S/C26H24FN5O4/c1-26(2)11-21(17-10-14(27)6-8-22(17)36-26)32-13-19(29-30-32)15-4-3-5-16-18(15)12-31(25(16)35)20-7-9-23(33)28-24(20)34/h3-6,8,10,13,20-21H,7,9,11-12H2,1-2H3,(H,28,33,34)/t20?,21-/m0/s1. The minimum Gasteiger partial charge on any atom is -0.487 e. The van der Waals surface area contributed by atoms with Gasteiger partial charge in [0.25, 0.3) is 5.91 Å². The van der Waals surface area contributed by atoms with Crippen molar-refractivity contribution < 1.29 is 23.5 Å². The average molecular weight is 490 g/mol. The molecule has 36 heavy (non-hydrogen) atoms. The molecular weight excluding hydrogens is 465 g/mol. The van der Waals surface area contributed by atoms with Gasteiger partial charge in [0.05, 0.1) is 12.2 Å². The number of piperidine rings is 1. The summed E-state index contributed by atoms with van der Waals surface area (Å²) in [6.07, 6.45) is 2.86. The second kappa shape index (κ2) is 7.97.